The zero-order valence-electron chi connectivity index (χ0n) is 13.1. The van der Waals surface area contributed by atoms with Crippen molar-refractivity contribution in [3.63, 3.8) is 0 Å². The molecule has 0 aliphatic carbocycles. The zero-order chi connectivity index (χ0) is 17.4. The van der Waals surface area contributed by atoms with Gasteiger partial charge in [-0.25, -0.2) is 4.39 Å². The lowest BCUT2D eigenvalue weighted by Gasteiger charge is -2.25. The molecule has 1 aromatic heterocycles. The standard InChI is InChI=1S/C19H14FN3O2/c20-15-6-5-14(12-3-1-2-4-13(12)15)18(24)23-17-9-11-10-21-8-7-16(11)22-19(17)25/h1-8,10,17H,9H2,(H,22,25)(H,23,24). The number of halogens is 1. The Hall–Kier alpha value is -3.28. The van der Waals surface area contributed by atoms with Gasteiger partial charge in [-0.05, 0) is 29.1 Å². The van der Waals surface area contributed by atoms with E-state index in [0.717, 1.165) is 5.56 Å². The molecule has 1 atom stereocenters. The number of aromatic nitrogens is 1. The van der Waals surface area contributed by atoms with Gasteiger partial charge in [-0.15, -0.1) is 0 Å². The van der Waals surface area contributed by atoms with Crippen molar-refractivity contribution in [3.05, 3.63) is 71.8 Å². The first-order chi connectivity index (χ1) is 12.1. The minimum Gasteiger partial charge on any atom is -0.340 e. The Labute approximate surface area is 142 Å². The van der Waals surface area contributed by atoms with E-state index >= 15 is 0 Å². The molecule has 25 heavy (non-hydrogen) atoms. The van der Waals surface area contributed by atoms with E-state index < -0.39 is 11.9 Å². The van der Waals surface area contributed by atoms with Crippen molar-refractivity contribution in [2.45, 2.75) is 12.5 Å². The van der Waals surface area contributed by atoms with Crippen molar-refractivity contribution < 1.29 is 14.0 Å². The summed E-state index contributed by atoms with van der Waals surface area (Å²) in [6, 6.07) is 10.5. The normalized spacial score (nSPS) is 16.2. The van der Waals surface area contributed by atoms with Crippen LogP contribution in [0.4, 0.5) is 10.1 Å². The minimum atomic E-state index is -0.701. The van der Waals surface area contributed by atoms with E-state index in [1.165, 1.54) is 12.1 Å². The fourth-order valence-electron chi connectivity index (χ4n) is 3.06. The largest absolute Gasteiger partial charge is 0.340 e. The SMILES string of the molecule is O=C(NC1Cc2cnccc2NC1=O)c1ccc(F)c2ccccc12. The molecule has 1 aliphatic heterocycles. The van der Waals surface area contributed by atoms with Crippen LogP contribution in [0.3, 0.4) is 0 Å². The fraction of sp³-hybridized carbons (Fsp3) is 0.105. The molecule has 0 saturated heterocycles. The number of fused-ring (bicyclic) bond motifs is 2. The number of hydrogen-bond acceptors (Lipinski definition) is 3. The molecule has 3 aromatic rings. The first kappa shape index (κ1) is 15.3. The van der Waals surface area contributed by atoms with Crippen molar-refractivity contribution in [1.29, 1.82) is 0 Å². The van der Waals surface area contributed by atoms with Gasteiger partial charge in [-0.1, -0.05) is 24.3 Å². The number of amides is 2. The molecule has 124 valence electrons. The van der Waals surface area contributed by atoms with Gasteiger partial charge < -0.3 is 10.6 Å². The Morgan fingerprint density at radius 2 is 1.96 bits per heavy atom. The molecule has 5 nitrogen and oxygen atoms in total. The van der Waals surface area contributed by atoms with Crippen LogP contribution in [0.5, 0.6) is 0 Å². The lowest BCUT2D eigenvalue weighted by molar-refractivity contribution is -0.118. The molecule has 1 aliphatic rings. The summed E-state index contributed by atoms with van der Waals surface area (Å²) in [5.41, 5.74) is 1.90. The van der Waals surface area contributed by atoms with Crippen molar-refractivity contribution in [2.75, 3.05) is 5.32 Å². The summed E-state index contributed by atoms with van der Waals surface area (Å²) in [5.74, 6) is -1.08. The molecule has 0 radical (unpaired) electrons. The highest BCUT2D eigenvalue weighted by atomic mass is 19.1. The molecule has 2 heterocycles. The third kappa shape index (κ3) is 2.71. The van der Waals surface area contributed by atoms with Gasteiger partial charge in [0.1, 0.15) is 11.9 Å². The summed E-state index contributed by atoms with van der Waals surface area (Å²) in [7, 11) is 0. The van der Waals surface area contributed by atoms with Crippen molar-refractivity contribution in [1.82, 2.24) is 10.3 Å². The number of carbonyl (C=O) groups excluding carboxylic acids is 2. The maximum atomic E-state index is 13.9. The molecule has 2 N–H and O–H groups in total. The fourth-order valence-corrected chi connectivity index (χ4v) is 3.06. The van der Waals surface area contributed by atoms with Crippen LogP contribution in [0.1, 0.15) is 15.9 Å². The summed E-state index contributed by atoms with van der Waals surface area (Å²) < 4.78 is 13.9. The molecule has 0 bridgehead atoms. The number of hydrogen-bond donors (Lipinski definition) is 2. The van der Waals surface area contributed by atoms with Crippen LogP contribution in [0.15, 0.2) is 54.9 Å². The summed E-state index contributed by atoms with van der Waals surface area (Å²) in [4.78, 5) is 28.9. The van der Waals surface area contributed by atoms with Crippen LogP contribution >= 0.6 is 0 Å². The second-order valence-electron chi connectivity index (χ2n) is 5.89. The molecule has 0 fully saturated rings. The van der Waals surface area contributed by atoms with E-state index in [0.29, 0.717) is 28.4 Å². The zero-order valence-corrected chi connectivity index (χ0v) is 13.1. The maximum Gasteiger partial charge on any atom is 0.252 e. The van der Waals surface area contributed by atoms with Gasteiger partial charge in [0, 0.05) is 35.5 Å². The van der Waals surface area contributed by atoms with Gasteiger partial charge in [0.2, 0.25) is 5.91 Å². The minimum absolute atomic E-state index is 0.279. The van der Waals surface area contributed by atoms with Crippen LogP contribution in [0.2, 0.25) is 0 Å². The highest BCUT2D eigenvalue weighted by molar-refractivity contribution is 6.09. The quantitative estimate of drug-likeness (QED) is 0.756. The highest BCUT2D eigenvalue weighted by Crippen LogP contribution is 2.24. The highest BCUT2D eigenvalue weighted by Gasteiger charge is 2.28. The number of pyridine rings is 1. The number of rotatable bonds is 2. The smallest absolute Gasteiger partial charge is 0.252 e. The van der Waals surface area contributed by atoms with Crippen LogP contribution in [0, 0.1) is 5.82 Å². The predicted octanol–water partition coefficient (Wildman–Crippen LogP) is 2.67. The molecule has 6 heteroatoms. The molecule has 4 rings (SSSR count). The molecule has 0 spiro atoms. The second kappa shape index (κ2) is 5.98. The summed E-state index contributed by atoms with van der Waals surface area (Å²) in [6.07, 6.45) is 3.63. The molecule has 0 saturated carbocycles. The lowest BCUT2D eigenvalue weighted by atomic mass is 9.99. The van der Waals surface area contributed by atoms with Crippen molar-refractivity contribution in [2.24, 2.45) is 0 Å². The third-order valence-corrected chi connectivity index (χ3v) is 4.32. The average Bonchev–Trinajstić information content (AvgIpc) is 2.63. The van der Waals surface area contributed by atoms with Crippen LogP contribution in [-0.4, -0.2) is 22.8 Å². The number of anilines is 1. The Morgan fingerprint density at radius 3 is 2.80 bits per heavy atom. The van der Waals surface area contributed by atoms with E-state index in [-0.39, 0.29) is 11.7 Å². The van der Waals surface area contributed by atoms with E-state index in [9.17, 15) is 14.0 Å². The van der Waals surface area contributed by atoms with Crippen LogP contribution < -0.4 is 10.6 Å². The van der Waals surface area contributed by atoms with E-state index in [1.807, 2.05) is 0 Å². The molecular weight excluding hydrogens is 321 g/mol. The van der Waals surface area contributed by atoms with E-state index in [4.69, 9.17) is 0 Å². The number of benzene rings is 2. The van der Waals surface area contributed by atoms with Gasteiger partial charge in [0.15, 0.2) is 0 Å². The first-order valence-electron chi connectivity index (χ1n) is 7.85. The third-order valence-electron chi connectivity index (χ3n) is 4.32. The van der Waals surface area contributed by atoms with E-state index in [1.54, 1.807) is 42.7 Å². The monoisotopic (exact) mass is 335 g/mol. The molecule has 1 unspecified atom stereocenters. The number of nitrogens with one attached hydrogen (secondary N) is 2. The molecular formula is C19H14FN3O2. The molecule has 2 amide bonds. The topological polar surface area (TPSA) is 71.1 Å². The number of carbonyl (C=O) groups is 2. The first-order valence-corrected chi connectivity index (χ1v) is 7.85. The number of nitrogens with zero attached hydrogens (tertiary/aromatic N) is 1. The Kier molecular flexibility index (Phi) is 3.65. The Morgan fingerprint density at radius 1 is 1.16 bits per heavy atom. The van der Waals surface area contributed by atoms with Crippen molar-refractivity contribution >= 4 is 28.3 Å². The van der Waals surface area contributed by atoms with E-state index in [2.05, 4.69) is 15.6 Å². The second-order valence-corrected chi connectivity index (χ2v) is 5.89. The summed E-state index contributed by atoms with van der Waals surface area (Å²) in [6.45, 7) is 0. The van der Waals surface area contributed by atoms with Gasteiger partial charge in [-0.3, -0.25) is 14.6 Å². The van der Waals surface area contributed by atoms with Gasteiger partial charge in [0.25, 0.3) is 5.91 Å². The van der Waals surface area contributed by atoms with Gasteiger partial charge in [0.05, 0.1) is 0 Å². The van der Waals surface area contributed by atoms with Gasteiger partial charge >= 0.3 is 0 Å². The maximum absolute atomic E-state index is 13.9. The van der Waals surface area contributed by atoms with Crippen LogP contribution in [0.25, 0.3) is 10.8 Å². The van der Waals surface area contributed by atoms with Gasteiger partial charge in [-0.2, -0.15) is 0 Å². The summed E-state index contributed by atoms with van der Waals surface area (Å²) >= 11 is 0. The lowest BCUT2D eigenvalue weighted by Crippen LogP contribution is -2.47. The Bertz CT molecular complexity index is 1000. The Balaban J connectivity index is 1.63. The predicted molar refractivity (Wildman–Crippen MR) is 91.7 cm³/mol. The summed E-state index contributed by atoms with van der Waals surface area (Å²) in [5, 5.41) is 6.38. The van der Waals surface area contributed by atoms with Crippen molar-refractivity contribution in [3.8, 4) is 0 Å². The molecule has 2 aromatic carbocycles. The average molecular weight is 335 g/mol. The van der Waals surface area contributed by atoms with Crippen LogP contribution in [-0.2, 0) is 11.2 Å².